The highest BCUT2D eigenvalue weighted by molar-refractivity contribution is 7.92. The lowest BCUT2D eigenvalue weighted by Crippen LogP contribution is -2.36. The fourth-order valence-corrected chi connectivity index (χ4v) is 3.32. The smallest absolute Gasteiger partial charge is 0.260 e. The Morgan fingerprint density at radius 2 is 1.57 bits per heavy atom. The first kappa shape index (κ1) is 16.9. The third-order valence-corrected chi connectivity index (χ3v) is 5.45. The maximum atomic E-state index is 12.5. The number of sulfone groups is 1. The molecule has 2 aromatic carbocycles. The highest BCUT2D eigenvalue weighted by Gasteiger charge is 2.31. The predicted octanol–water partition coefficient (Wildman–Crippen LogP) is 2.34. The van der Waals surface area contributed by atoms with Crippen LogP contribution < -0.4 is 0 Å². The molecule has 0 aliphatic heterocycles. The molecule has 0 radical (unpaired) electrons. The first-order valence-electron chi connectivity index (χ1n) is 7.08. The van der Waals surface area contributed by atoms with Gasteiger partial charge in [-0.15, -0.1) is 0 Å². The van der Waals surface area contributed by atoms with E-state index < -0.39 is 21.0 Å². The summed E-state index contributed by atoms with van der Waals surface area (Å²) in [7, 11) is -2.29. The molecule has 0 bridgehead atoms. The van der Waals surface area contributed by atoms with Crippen molar-refractivity contribution in [2.24, 2.45) is 5.10 Å². The van der Waals surface area contributed by atoms with Gasteiger partial charge in [0.15, 0.2) is 9.84 Å². The summed E-state index contributed by atoms with van der Waals surface area (Å²) in [5.74, 6) is -0.582. The van der Waals surface area contributed by atoms with Gasteiger partial charge in [-0.1, -0.05) is 48.5 Å². The van der Waals surface area contributed by atoms with E-state index in [1.807, 2.05) is 30.3 Å². The van der Waals surface area contributed by atoms with E-state index in [2.05, 4.69) is 5.10 Å². The zero-order chi connectivity index (χ0) is 16.9. The van der Waals surface area contributed by atoms with Crippen molar-refractivity contribution in [2.75, 3.05) is 7.05 Å². The third kappa shape index (κ3) is 4.04. The standard InChI is InChI=1S/C17H18N2O3S/c1-14(23(21,22)16-11-7-4-8-12-16)17(20)19(2)18-13-15-9-5-3-6-10-15/h3-14H,1-2H3. The van der Waals surface area contributed by atoms with Gasteiger partial charge in [-0.05, 0) is 24.6 Å². The molecule has 0 heterocycles. The van der Waals surface area contributed by atoms with Crippen LogP contribution in [0.15, 0.2) is 70.7 Å². The quantitative estimate of drug-likeness (QED) is 0.624. The largest absolute Gasteiger partial charge is 0.271 e. The molecule has 2 aromatic rings. The van der Waals surface area contributed by atoms with Crippen molar-refractivity contribution < 1.29 is 13.2 Å². The SMILES string of the molecule is CC(C(=O)N(C)N=Cc1ccccc1)S(=O)(=O)c1ccccc1. The Labute approximate surface area is 136 Å². The summed E-state index contributed by atoms with van der Waals surface area (Å²) in [6, 6.07) is 17.2. The Balaban J connectivity index is 2.14. The molecule has 0 saturated heterocycles. The van der Waals surface area contributed by atoms with Gasteiger partial charge in [0.2, 0.25) is 0 Å². The Hall–Kier alpha value is -2.47. The molecular weight excluding hydrogens is 312 g/mol. The fourth-order valence-electron chi connectivity index (χ4n) is 1.96. The van der Waals surface area contributed by atoms with Gasteiger partial charge >= 0.3 is 0 Å². The van der Waals surface area contributed by atoms with Gasteiger partial charge in [0.25, 0.3) is 5.91 Å². The van der Waals surface area contributed by atoms with E-state index in [4.69, 9.17) is 0 Å². The van der Waals surface area contributed by atoms with Gasteiger partial charge in [0, 0.05) is 7.05 Å². The number of hydrogen-bond donors (Lipinski definition) is 0. The van der Waals surface area contributed by atoms with Crippen LogP contribution in [-0.4, -0.2) is 37.8 Å². The number of hydrazone groups is 1. The predicted molar refractivity (Wildman–Crippen MR) is 89.9 cm³/mol. The fraction of sp³-hybridized carbons (Fsp3) is 0.176. The molecule has 0 N–H and O–H groups in total. The van der Waals surface area contributed by atoms with Crippen LogP contribution in [0.4, 0.5) is 0 Å². The molecule has 0 aliphatic carbocycles. The molecule has 1 amide bonds. The molecule has 0 spiro atoms. The van der Waals surface area contributed by atoms with E-state index in [1.165, 1.54) is 32.3 Å². The average molecular weight is 330 g/mol. The Kier molecular flexibility index (Phi) is 5.28. The second kappa shape index (κ2) is 7.19. The number of carbonyl (C=O) groups is 1. The molecule has 0 fully saturated rings. The summed E-state index contributed by atoms with van der Waals surface area (Å²) in [5, 5.41) is 3.86. The van der Waals surface area contributed by atoms with Crippen LogP contribution in [-0.2, 0) is 14.6 Å². The monoisotopic (exact) mass is 330 g/mol. The van der Waals surface area contributed by atoms with E-state index in [0.29, 0.717) is 0 Å². The lowest BCUT2D eigenvalue weighted by molar-refractivity contribution is -0.129. The molecule has 120 valence electrons. The van der Waals surface area contributed by atoms with Crippen molar-refractivity contribution in [3.05, 3.63) is 66.2 Å². The summed E-state index contributed by atoms with van der Waals surface area (Å²) >= 11 is 0. The molecule has 1 unspecified atom stereocenters. The summed E-state index contributed by atoms with van der Waals surface area (Å²) in [6.07, 6.45) is 1.51. The number of rotatable bonds is 5. The maximum absolute atomic E-state index is 12.5. The van der Waals surface area contributed by atoms with Crippen LogP contribution >= 0.6 is 0 Å². The first-order chi connectivity index (χ1) is 10.9. The second-order valence-corrected chi connectivity index (χ2v) is 7.29. The van der Waals surface area contributed by atoms with Crippen molar-refractivity contribution in [1.82, 2.24) is 5.01 Å². The van der Waals surface area contributed by atoms with Crippen LogP contribution in [0.5, 0.6) is 0 Å². The normalized spacial score (nSPS) is 13.0. The van der Waals surface area contributed by atoms with Crippen LogP contribution in [0.3, 0.4) is 0 Å². The molecule has 6 heteroatoms. The van der Waals surface area contributed by atoms with E-state index in [0.717, 1.165) is 10.6 Å². The minimum absolute atomic E-state index is 0.126. The zero-order valence-electron chi connectivity index (χ0n) is 13.0. The molecule has 5 nitrogen and oxygen atoms in total. The van der Waals surface area contributed by atoms with E-state index in [-0.39, 0.29) is 4.90 Å². The Morgan fingerprint density at radius 3 is 2.13 bits per heavy atom. The van der Waals surface area contributed by atoms with E-state index in [9.17, 15) is 13.2 Å². The van der Waals surface area contributed by atoms with Gasteiger partial charge in [0.1, 0.15) is 5.25 Å². The van der Waals surface area contributed by atoms with Gasteiger partial charge < -0.3 is 0 Å². The van der Waals surface area contributed by atoms with Crippen molar-refractivity contribution in [3.63, 3.8) is 0 Å². The minimum atomic E-state index is -3.73. The van der Waals surface area contributed by atoms with Crippen LogP contribution in [0.2, 0.25) is 0 Å². The lowest BCUT2D eigenvalue weighted by atomic mass is 10.2. The number of amides is 1. The van der Waals surface area contributed by atoms with Gasteiger partial charge in [-0.25, -0.2) is 13.4 Å². The van der Waals surface area contributed by atoms with Gasteiger partial charge in [-0.3, -0.25) is 4.79 Å². The molecule has 1 atom stereocenters. The summed E-state index contributed by atoms with van der Waals surface area (Å²) in [4.78, 5) is 12.4. The average Bonchev–Trinajstić information content (AvgIpc) is 2.60. The topological polar surface area (TPSA) is 66.8 Å². The Bertz CT molecular complexity index is 787. The minimum Gasteiger partial charge on any atom is -0.271 e. The molecule has 0 aromatic heterocycles. The van der Waals surface area contributed by atoms with E-state index in [1.54, 1.807) is 18.2 Å². The lowest BCUT2D eigenvalue weighted by Gasteiger charge is -2.17. The van der Waals surface area contributed by atoms with Crippen molar-refractivity contribution in [2.45, 2.75) is 17.1 Å². The number of nitrogens with zero attached hydrogens (tertiary/aromatic N) is 2. The van der Waals surface area contributed by atoms with Gasteiger partial charge in [-0.2, -0.15) is 5.10 Å². The molecule has 23 heavy (non-hydrogen) atoms. The number of hydrogen-bond acceptors (Lipinski definition) is 4. The molecule has 2 rings (SSSR count). The highest BCUT2D eigenvalue weighted by Crippen LogP contribution is 2.17. The molecular formula is C17H18N2O3S. The summed E-state index contributed by atoms with van der Waals surface area (Å²) in [5.41, 5.74) is 0.825. The zero-order valence-corrected chi connectivity index (χ0v) is 13.8. The van der Waals surface area contributed by atoms with Crippen LogP contribution in [0.1, 0.15) is 12.5 Å². The maximum Gasteiger partial charge on any atom is 0.260 e. The molecule has 0 aliphatic rings. The van der Waals surface area contributed by atoms with Crippen molar-refractivity contribution in [1.29, 1.82) is 0 Å². The van der Waals surface area contributed by atoms with E-state index >= 15 is 0 Å². The Morgan fingerprint density at radius 1 is 1.04 bits per heavy atom. The molecule has 0 saturated carbocycles. The van der Waals surface area contributed by atoms with Crippen LogP contribution in [0.25, 0.3) is 0 Å². The van der Waals surface area contributed by atoms with Crippen molar-refractivity contribution in [3.8, 4) is 0 Å². The number of benzene rings is 2. The third-order valence-electron chi connectivity index (χ3n) is 3.38. The van der Waals surface area contributed by atoms with Gasteiger partial charge in [0.05, 0.1) is 11.1 Å². The van der Waals surface area contributed by atoms with Crippen molar-refractivity contribution >= 4 is 22.0 Å². The second-order valence-electron chi connectivity index (χ2n) is 5.02. The summed E-state index contributed by atoms with van der Waals surface area (Å²) < 4.78 is 24.9. The summed E-state index contributed by atoms with van der Waals surface area (Å²) in [6.45, 7) is 1.37. The highest BCUT2D eigenvalue weighted by atomic mass is 32.2. The van der Waals surface area contributed by atoms with Crippen LogP contribution in [0, 0.1) is 0 Å². The first-order valence-corrected chi connectivity index (χ1v) is 8.63. The number of carbonyl (C=O) groups excluding carboxylic acids is 1.